The third-order valence-electron chi connectivity index (χ3n) is 3.32. The minimum Gasteiger partial charge on any atom is -0.337 e. The highest BCUT2D eigenvalue weighted by Gasteiger charge is 2.24. The van der Waals surface area contributed by atoms with Crippen LogP contribution < -0.4 is 5.32 Å². The molecule has 3 nitrogen and oxygen atoms in total. The first-order valence-corrected chi connectivity index (χ1v) is 6.78. The van der Waals surface area contributed by atoms with E-state index in [0.717, 1.165) is 25.9 Å². The molecule has 2 rings (SSSR count). The summed E-state index contributed by atoms with van der Waals surface area (Å²) in [6.45, 7) is 1.86. The number of nitrogens with one attached hydrogen (secondary N) is 1. The zero-order valence-corrected chi connectivity index (χ0v) is 13.0. The van der Waals surface area contributed by atoms with Gasteiger partial charge >= 0.3 is 0 Å². The summed E-state index contributed by atoms with van der Waals surface area (Å²) < 4.78 is 0. The number of benzene rings is 1. The maximum absolute atomic E-state index is 12.4. The molecule has 0 spiro atoms. The molecule has 1 heterocycles. The van der Waals surface area contributed by atoms with Crippen molar-refractivity contribution in [1.82, 2.24) is 10.2 Å². The molecule has 19 heavy (non-hydrogen) atoms. The first kappa shape index (κ1) is 16.6. The molecule has 1 fully saturated rings. The van der Waals surface area contributed by atoms with Crippen LogP contribution in [0.5, 0.6) is 0 Å². The second-order valence-corrected chi connectivity index (χ2v) is 5.30. The molecule has 0 aromatic heterocycles. The summed E-state index contributed by atoms with van der Waals surface area (Å²) >= 11 is 12.0. The van der Waals surface area contributed by atoms with Crippen molar-refractivity contribution in [1.29, 1.82) is 0 Å². The van der Waals surface area contributed by atoms with Crippen molar-refractivity contribution in [2.24, 2.45) is 0 Å². The molecule has 1 aliphatic rings. The molecule has 0 aliphatic carbocycles. The van der Waals surface area contributed by atoms with Gasteiger partial charge in [-0.3, -0.25) is 4.79 Å². The van der Waals surface area contributed by atoms with Crippen LogP contribution in [0.2, 0.25) is 10.0 Å². The van der Waals surface area contributed by atoms with Gasteiger partial charge in [0.1, 0.15) is 0 Å². The Labute approximate surface area is 129 Å². The molecule has 0 bridgehead atoms. The van der Waals surface area contributed by atoms with Crippen LogP contribution in [-0.4, -0.2) is 37.0 Å². The number of carbonyl (C=O) groups excluding carboxylic acids is 1. The zero-order chi connectivity index (χ0) is 13.1. The van der Waals surface area contributed by atoms with E-state index in [1.54, 1.807) is 23.1 Å². The van der Waals surface area contributed by atoms with Crippen molar-refractivity contribution in [2.75, 3.05) is 20.1 Å². The van der Waals surface area contributed by atoms with Crippen LogP contribution in [-0.2, 0) is 0 Å². The van der Waals surface area contributed by atoms with Gasteiger partial charge in [0.05, 0.1) is 15.6 Å². The standard InChI is InChI=1S/C13H16Cl2N2O.ClH/c1-17(9-4-3-7-16-8-9)13(18)10-5-2-6-11(14)12(10)15;/h2,5-6,9,16H,3-4,7-8H2,1H3;1H/t9-;/m0./s1. The van der Waals surface area contributed by atoms with Crippen molar-refractivity contribution < 1.29 is 4.79 Å². The highest BCUT2D eigenvalue weighted by atomic mass is 35.5. The van der Waals surface area contributed by atoms with Crippen LogP contribution in [0, 0.1) is 0 Å². The fourth-order valence-corrected chi connectivity index (χ4v) is 2.57. The Balaban J connectivity index is 0.00000180. The van der Waals surface area contributed by atoms with E-state index in [9.17, 15) is 4.79 Å². The molecular weight excluding hydrogens is 307 g/mol. The number of amides is 1. The van der Waals surface area contributed by atoms with Gasteiger partial charge in [0.15, 0.2) is 0 Å². The van der Waals surface area contributed by atoms with Crippen LogP contribution in [0.15, 0.2) is 18.2 Å². The summed E-state index contributed by atoms with van der Waals surface area (Å²) in [7, 11) is 1.82. The summed E-state index contributed by atoms with van der Waals surface area (Å²) in [6.07, 6.45) is 2.11. The van der Waals surface area contributed by atoms with Crippen LogP contribution >= 0.6 is 35.6 Å². The molecule has 1 atom stereocenters. The summed E-state index contributed by atoms with van der Waals surface area (Å²) in [5.74, 6) is -0.0730. The minimum absolute atomic E-state index is 0. The number of hydrogen-bond donors (Lipinski definition) is 1. The average molecular weight is 324 g/mol. The molecule has 0 radical (unpaired) electrons. The van der Waals surface area contributed by atoms with E-state index in [-0.39, 0.29) is 24.4 Å². The second-order valence-electron chi connectivity index (χ2n) is 4.52. The predicted molar refractivity (Wildman–Crippen MR) is 81.7 cm³/mol. The molecule has 0 unspecified atom stereocenters. The SMILES string of the molecule is CN(C(=O)c1cccc(Cl)c1Cl)[C@H]1CCCNC1.Cl. The molecule has 1 amide bonds. The summed E-state index contributed by atoms with van der Waals surface area (Å²) in [5, 5.41) is 4.04. The molecule has 1 aromatic rings. The molecule has 0 saturated carbocycles. The van der Waals surface area contributed by atoms with E-state index in [0.29, 0.717) is 15.6 Å². The van der Waals surface area contributed by atoms with Crippen LogP contribution in [0.4, 0.5) is 0 Å². The van der Waals surface area contributed by atoms with Crippen LogP contribution in [0.3, 0.4) is 0 Å². The van der Waals surface area contributed by atoms with Crippen molar-refractivity contribution in [3.8, 4) is 0 Å². The van der Waals surface area contributed by atoms with Crippen molar-refractivity contribution >= 4 is 41.5 Å². The summed E-state index contributed by atoms with van der Waals surface area (Å²) in [5.41, 5.74) is 0.470. The largest absolute Gasteiger partial charge is 0.337 e. The Morgan fingerprint density at radius 3 is 2.79 bits per heavy atom. The van der Waals surface area contributed by atoms with Gasteiger partial charge in [0, 0.05) is 19.6 Å². The van der Waals surface area contributed by atoms with E-state index in [1.807, 2.05) is 7.05 Å². The average Bonchev–Trinajstić information content (AvgIpc) is 2.41. The zero-order valence-electron chi connectivity index (χ0n) is 10.7. The molecule has 1 saturated heterocycles. The monoisotopic (exact) mass is 322 g/mol. The lowest BCUT2D eigenvalue weighted by molar-refractivity contribution is 0.0708. The predicted octanol–water partition coefficient (Wildman–Crippen LogP) is 3.24. The Kier molecular flexibility index (Phi) is 6.40. The maximum Gasteiger partial charge on any atom is 0.255 e. The lowest BCUT2D eigenvalue weighted by Gasteiger charge is -2.32. The fraction of sp³-hybridized carbons (Fsp3) is 0.462. The van der Waals surface area contributed by atoms with Gasteiger partial charge in [-0.25, -0.2) is 0 Å². The van der Waals surface area contributed by atoms with Crippen LogP contribution in [0.25, 0.3) is 0 Å². The van der Waals surface area contributed by atoms with Crippen molar-refractivity contribution in [3.05, 3.63) is 33.8 Å². The molecule has 1 N–H and O–H groups in total. The topological polar surface area (TPSA) is 32.3 Å². The maximum atomic E-state index is 12.4. The first-order chi connectivity index (χ1) is 8.61. The third kappa shape index (κ3) is 3.76. The van der Waals surface area contributed by atoms with Gasteiger partial charge in [-0.05, 0) is 31.5 Å². The number of halogens is 3. The second kappa shape index (κ2) is 7.34. The Morgan fingerprint density at radius 2 is 2.16 bits per heavy atom. The quantitative estimate of drug-likeness (QED) is 0.906. The van der Waals surface area contributed by atoms with E-state index in [2.05, 4.69) is 5.32 Å². The smallest absolute Gasteiger partial charge is 0.255 e. The normalized spacial score (nSPS) is 18.6. The third-order valence-corrected chi connectivity index (χ3v) is 4.14. The molecule has 106 valence electrons. The minimum atomic E-state index is -0.0730. The van der Waals surface area contributed by atoms with Gasteiger partial charge in [0.25, 0.3) is 5.91 Å². The van der Waals surface area contributed by atoms with Gasteiger partial charge in [-0.15, -0.1) is 12.4 Å². The van der Waals surface area contributed by atoms with Gasteiger partial charge in [-0.1, -0.05) is 29.3 Å². The van der Waals surface area contributed by atoms with Gasteiger partial charge in [-0.2, -0.15) is 0 Å². The fourth-order valence-electron chi connectivity index (χ4n) is 2.19. The van der Waals surface area contributed by atoms with Crippen molar-refractivity contribution in [2.45, 2.75) is 18.9 Å². The van der Waals surface area contributed by atoms with Crippen molar-refractivity contribution in [3.63, 3.8) is 0 Å². The Bertz CT molecular complexity index is 448. The molecular formula is C13H17Cl3N2O. The Morgan fingerprint density at radius 1 is 1.42 bits per heavy atom. The first-order valence-electron chi connectivity index (χ1n) is 6.03. The molecule has 6 heteroatoms. The number of hydrogen-bond acceptors (Lipinski definition) is 2. The van der Waals surface area contributed by atoms with E-state index in [4.69, 9.17) is 23.2 Å². The summed E-state index contributed by atoms with van der Waals surface area (Å²) in [4.78, 5) is 14.1. The van der Waals surface area contributed by atoms with E-state index in [1.165, 1.54) is 0 Å². The van der Waals surface area contributed by atoms with Gasteiger partial charge in [0.2, 0.25) is 0 Å². The number of carbonyl (C=O) groups is 1. The van der Waals surface area contributed by atoms with Crippen LogP contribution in [0.1, 0.15) is 23.2 Å². The number of likely N-dealkylation sites (N-methyl/N-ethyl adjacent to an activating group) is 1. The number of rotatable bonds is 2. The summed E-state index contributed by atoms with van der Waals surface area (Å²) in [6, 6.07) is 5.36. The van der Waals surface area contributed by atoms with Gasteiger partial charge < -0.3 is 10.2 Å². The Hall–Kier alpha value is -0.480. The highest BCUT2D eigenvalue weighted by molar-refractivity contribution is 6.43. The van der Waals surface area contributed by atoms with E-state index >= 15 is 0 Å². The number of piperidine rings is 1. The highest BCUT2D eigenvalue weighted by Crippen LogP contribution is 2.27. The number of nitrogens with zero attached hydrogens (tertiary/aromatic N) is 1. The molecule has 1 aliphatic heterocycles. The van der Waals surface area contributed by atoms with E-state index < -0.39 is 0 Å². The molecule has 1 aromatic carbocycles. The lowest BCUT2D eigenvalue weighted by Crippen LogP contribution is -2.46. The lowest BCUT2D eigenvalue weighted by atomic mass is 10.1.